The molecule has 0 heterocycles. The van der Waals surface area contributed by atoms with Crippen molar-refractivity contribution in [2.45, 2.75) is 13.0 Å². The maximum absolute atomic E-state index is 12.1. The van der Waals surface area contributed by atoms with Gasteiger partial charge in [0.15, 0.2) is 6.10 Å². The molecule has 0 aromatic heterocycles. The first-order valence-electron chi connectivity index (χ1n) is 7.02. The van der Waals surface area contributed by atoms with Crippen molar-refractivity contribution >= 4 is 34.9 Å². The summed E-state index contributed by atoms with van der Waals surface area (Å²) < 4.78 is 5.00. The van der Waals surface area contributed by atoms with Gasteiger partial charge in [-0.2, -0.15) is 0 Å². The summed E-state index contributed by atoms with van der Waals surface area (Å²) in [7, 11) is 0. The van der Waals surface area contributed by atoms with Crippen LogP contribution in [0.2, 0.25) is 5.02 Å². The van der Waals surface area contributed by atoms with Gasteiger partial charge in [-0.15, -0.1) is 0 Å². The van der Waals surface area contributed by atoms with Crippen molar-refractivity contribution in [2.24, 2.45) is 0 Å². The second kappa shape index (κ2) is 7.63. The first-order valence-corrected chi connectivity index (χ1v) is 7.40. The van der Waals surface area contributed by atoms with Gasteiger partial charge in [0, 0.05) is 12.1 Å². The van der Waals surface area contributed by atoms with E-state index in [1.165, 1.54) is 43.3 Å². The Morgan fingerprint density at radius 3 is 2.64 bits per heavy atom. The molecule has 2 rings (SSSR count). The van der Waals surface area contributed by atoms with Gasteiger partial charge in [0.1, 0.15) is 5.75 Å². The fourth-order valence-electron chi connectivity index (χ4n) is 1.87. The second-order valence-electron chi connectivity index (χ2n) is 5.01. The van der Waals surface area contributed by atoms with Gasteiger partial charge in [-0.1, -0.05) is 17.7 Å². The van der Waals surface area contributed by atoms with Crippen molar-refractivity contribution in [1.29, 1.82) is 0 Å². The number of aromatic hydroxyl groups is 1. The zero-order chi connectivity index (χ0) is 18.6. The van der Waals surface area contributed by atoms with E-state index in [2.05, 4.69) is 5.32 Å². The lowest BCUT2D eigenvalue weighted by Gasteiger charge is -2.14. The minimum Gasteiger partial charge on any atom is -0.508 e. The van der Waals surface area contributed by atoms with E-state index in [1.54, 1.807) is 0 Å². The molecule has 0 aliphatic rings. The monoisotopic (exact) mass is 364 g/mol. The lowest BCUT2D eigenvalue weighted by Crippen LogP contribution is -2.30. The highest BCUT2D eigenvalue weighted by atomic mass is 35.5. The third kappa shape index (κ3) is 4.67. The molecular weight excluding hydrogens is 352 g/mol. The summed E-state index contributed by atoms with van der Waals surface area (Å²) in [4.78, 5) is 34.2. The van der Waals surface area contributed by atoms with Crippen LogP contribution in [-0.4, -0.2) is 28.0 Å². The minimum absolute atomic E-state index is 0.0288. The first kappa shape index (κ1) is 18.2. The summed E-state index contributed by atoms with van der Waals surface area (Å²) >= 11 is 5.90. The quantitative estimate of drug-likeness (QED) is 0.478. The van der Waals surface area contributed by atoms with Crippen LogP contribution in [0.3, 0.4) is 0 Å². The lowest BCUT2D eigenvalue weighted by molar-refractivity contribution is -0.384. The molecule has 8 nitrogen and oxygen atoms in total. The predicted molar refractivity (Wildman–Crippen MR) is 89.7 cm³/mol. The zero-order valence-electron chi connectivity index (χ0n) is 12.9. The molecule has 0 aliphatic heterocycles. The average Bonchev–Trinajstić information content (AvgIpc) is 2.56. The number of benzene rings is 2. The van der Waals surface area contributed by atoms with Crippen molar-refractivity contribution in [1.82, 2.24) is 0 Å². The van der Waals surface area contributed by atoms with Gasteiger partial charge in [-0.05, 0) is 31.2 Å². The minimum atomic E-state index is -1.19. The SMILES string of the molecule is CC(OC(=O)c1cccc(O)c1)C(=O)Nc1cc([N+](=O)[O-])ccc1Cl. The Hall–Kier alpha value is -3.13. The van der Waals surface area contributed by atoms with Gasteiger partial charge >= 0.3 is 5.97 Å². The predicted octanol–water partition coefficient (Wildman–Crippen LogP) is 3.14. The maximum atomic E-state index is 12.1. The summed E-state index contributed by atoms with van der Waals surface area (Å²) in [5.41, 5.74) is -0.140. The van der Waals surface area contributed by atoms with Crippen LogP contribution in [0, 0.1) is 10.1 Å². The summed E-state index contributed by atoms with van der Waals surface area (Å²) in [5, 5.41) is 22.6. The molecule has 2 aromatic carbocycles. The number of nitro benzene ring substituents is 1. The van der Waals surface area contributed by atoms with Gasteiger partial charge in [0.2, 0.25) is 0 Å². The van der Waals surface area contributed by atoms with Crippen molar-refractivity contribution in [3.8, 4) is 5.75 Å². The molecule has 0 aliphatic carbocycles. The normalized spacial score (nSPS) is 11.4. The van der Waals surface area contributed by atoms with E-state index >= 15 is 0 Å². The van der Waals surface area contributed by atoms with E-state index in [0.717, 1.165) is 6.07 Å². The molecule has 9 heteroatoms. The molecule has 0 bridgehead atoms. The third-order valence-electron chi connectivity index (χ3n) is 3.15. The number of carbonyl (C=O) groups excluding carboxylic acids is 2. The number of rotatable bonds is 5. The van der Waals surface area contributed by atoms with Crippen LogP contribution < -0.4 is 5.32 Å². The number of nitrogens with zero attached hydrogens (tertiary/aromatic N) is 1. The van der Waals surface area contributed by atoms with E-state index in [9.17, 15) is 24.8 Å². The van der Waals surface area contributed by atoms with E-state index in [4.69, 9.17) is 16.3 Å². The Bertz CT molecular complexity index is 839. The maximum Gasteiger partial charge on any atom is 0.339 e. The number of nitrogens with one attached hydrogen (secondary N) is 1. The van der Waals surface area contributed by atoms with Gasteiger partial charge < -0.3 is 15.2 Å². The molecule has 0 saturated heterocycles. The number of hydrogen-bond acceptors (Lipinski definition) is 6. The number of nitro groups is 1. The topological polar surface area (TPSA) is 119 Å². The van der Waals surface area contributed by atoms with Crippen LogP contribution in [0.15, 0.2) is 42.5 Å². The molecule has 25 heavy (non-hydrogen) atoms. The molecule has 1 atom stereocenters. The fraction of sp³-hybridized carbons (Fsp3) is 0.125. The molecule has 2 aromatic rings. The van der Waals surface area contributed by atoms with Gasteiger partial charge in [0.25, 0.3) is 11.6 Å². The number of carbonyl (C=O) groups is 2. The van der Waals surface area contributed by atoms with Crippen molar-refractivity contribution < 1.29 is 24.4 Å². The summed E-state index contributed by atoms with van der Waals surface area (Å²) in [6.45, 7) is 1.33. The Balaban J connectivity index is 2.07. The van der Waals surface area contributed by atoms with Crippen molar-refractivity contribution in [3.63, 3.8) is 0 Å². The van der Waals surface area contributed by atoms with Crippen LogP contribution in [-0.2, 0) is 9.53 Å². The molecule has 1 unspecified atom stereocenters. The standard InChI is InChI=1S/C16H13ClN2O6/c1-9(25-16(22)10-3-2-4-12(20)7-10)15(21)18-14-8-11(19(23)24)5-6-13(14)17/h2-9,20H,1H3,(H,18,21). The highest BCUT2D eigenvalue weighted by Gasteiger charge is 2.21. The Labute approximate surface area is 147 Å². The largest absolute Gasteiger partial charge is 0.508 e. The number of amides is 1. The molecule has 1 amide bonds. The highest BCUT2D eigenvalue weighted by molar-refractivity contribution is 6.33. The van der Waals surface area contributed by atoms with Gasteiger partial charge in [-0.3, -0.25) is 14.9 Å². The summed E-state index contributed by atoms with van der Waals surface area (Å²) in [5.74, 6) is -1.63. The molecule has 0 spiro atoms. The third-order valence-corrected chi connectivity index (χ3v) is 3.48. The number of non-ortho nitro benzene ring substituents is 1. The molecule has 130 valence electrons. The number of hydrogen-bond donors (Lipinski definition) is 2. The highest BCUT2D eigenvalue weighted by Crippen LogP contribution is 2.27. The fourth-order valence-corrected chi connectivity index (χ4v) is 2.04. The van der Waals surface area contributed by atoms with Gasteiger partial charge in [0.05, 0.1) is 21.2 Å². The Morgan fingerprint density at radius 1 is 1.28 bits per heavy atom. The lowest BCUT2D eigenvalue weighted by atomic mass is 10.2. The second-order valence-corrected chi connectivity index (χ2v) is 5.42. The van der Waals surface area contributed by atoms with E-state index < -0.39 is 22.9 Å². The van der Waals surface area contributed by atoms with Crippen LogP contribution in [0.25, 0.3) is 0 Å². The van der Waals surface area contributed by atoms with Crippen LogP contribution in [0.4, 0.5) is 11.4 Å². The van der Waals surface area contributed by atoms with Crippen molar-refractivity contribution in [2.75, 3.05) is 5.32 Å². The molecular formula is C16H13ClN2O6. The number of ether oxygens (including phenoxy) is 1. The number of esters is 1. The average molecular weight is 365 g/mol. The van der Waals surface area contributed by atoms with E-state index in [0.29, 0.717) is 0 Å². The van der Waals surface area contributed by atoms with Crippen LogP contribution in [0.5, 0.6) is 5.75 Å². The smallest absolute Gasteiger partial charge is 0.339 e. The zero-order valence-corrected chi connectivity index (χ0v) is 13.7. The number of phenolic OH excluding ortho intramolecular Hbond substituents is 1. The Morgan fingerprint density at radius 2 is 2.00 bits per heavy atom. The van der Waals surface area contributed by atoms with Crippen LogP contribution >= 0.6 is 11.6 Å². The molecule has 0 fully saturated rings. The first-order chi connectivity index (χ1) is 11.8. The van der Waals surface area contributed by atoms with Crippen LogP contribution in [0.1, 0.15) is 17.3 Å². The molecule has 2 N–H and O–H groups in total. The molecule has 0 radical (unpaired) electrons. The number of halogens is 1. The van der Waals surface area contributed by atoms with E-state index in [1.807, 2.05) is 0 Å². The summed E-state index contributed by atoms with van der Waals surface area (Å²) in [6.07, 6.45) is -1.19. The number of phenols is 1. The number of anilines is 1. The van der Waals surface area contributed by atoms with Crippen molar-refractivity contribution in [3.05, 3.63) is 63.2 Å². The Kier molecular flexibility index (Phi) is 5.56. The molecule has 0 saturated carbocycles. The van der Waals surface area contributed by atoms with E-state index in [-0.39, 0.29) is 27.7 Å². The van der Waals surface area contributed by atoms with Gasteiger partial charge in [-0.25, -0.2) is 4.79 Å². The summed E-state index contributed by atoms with van der Waals surface area (Å²) in [6, 6.07) is 9.04.